The number of rotatable bonds is 26. The number of esters is 2. The van der Waals surface area contributed by atoms with Gasteiger partial charge in [-0.1, -0.05) is 121 Å². The minimum absolute atomic E-state index is 0.0466. The molecule has 6 atom stereocenters. The molecule has 0 bridgehead atoms. The van der Waals surface area contributed by atoms with Gasteiger partial charge in [0.25, 0.3) is 18.6 Å². The Morgan fingerprint density at radius 1 is 0.679 bits per heavy atom. The van der Waals surface area contributed by atoms with Crippen LogP contribution >= 0.6 is 34.8 Å². The third kappa shape index (κ3) is 22.4. The summed E-state index contributed by atoms with van der Waals surface area (Å²) in [6.07, 6.45) is -1.57. The fourth-order valence-electron chi connectivity index (χ4n) is 7.51. The number of hydrogen-bond acceptors (Lipinski definition) is 19. The lowest BCUT2D eigenvalue weighted by atomic mass is 9.85. The van der Waals surface area contributed by atoms with Crippen molar-refractivity contribution in [2.45, 2.75) is 96.6 Å². The van der Waals surface area contributed by atoms with E-state index in [-0.39, 0.29) is 55.0 Å². The maximum absolute atomic E-state index is 14.2. The predicted octanol–water partition coefficient (Wildman–Crippen LogP) is 4.43. The van der Waals surface area contributed by atoms with Gasteiger partial charge in [0.15, 0.2) is 29.7 Å². The molecular formula is C53H62BCl3F2N10O15. The number of carbonyl (C=O) groups is 6. The smallest absolute Gasteiger partial charge is 0.374 e. The zero-order chi connectivity index (χ0) is 62.4. The first-order valence-corrected chi connectivity index (χ1v) is 26.7. The van der Waals surface area contributed by atoms with Crippen LogP contribution in [0, 0.1) is 23.5 Å². The number of carboxylic acid groups (broad SMARTS) is 2. The molecule has 0 saturated heterocycles. The Morgan fingerprint density at radius 2 is 1.13 bits per heavy atom. The lowest BCUT2D eigenvalue weighted by Crippen LogP contribution is -2.48. The Labute approximate surface area is 495 Å². The Bertz CT molecular complexity index is 3150. The fourth-order valence-corrected chi connectivity index (χ4v) is 7.96. The number of benzene rings is 4. The summed E-state index contributed by atoms with van der Waals surface area (Å²) in [6, 6.07) is 18.8. The van der Waals surface area contributed by atoms with Crippen LogP contribution in [0.4, 0.5) is 8.78 Å². The summed E-state index contributed by atoms with van der Waals surface area (Å²) in [4.78, 5) is 76.7. The third-order valence-electron chi connectivity index (χ3n) is 11.9. The highest BCUT2D eigenvalue weighted by Crippen LogP contribution is 2.28. The topological polar surface area (TPSA) is 375 Å². The first-order valence-electron chi connectivity index (χ1n) is 25.4. The van der Waals surface area contributed by atoms with E-state index >= 15 is 0 Å². The zero-order valence-corrected chi connectivity index (χ0v) is 48.0. The van der Waals surface area contributed by atoms with Crippen molar-refractivity contribution in [2.75, 3.05) is 12.9 Å². The molecule has 11 N–H and O–H groups in total. The number of ether oxygens (including phenoxy) is 2. The van der Waals surface area contributed by atoms with E-state index in [1.807, 2.05) is 13.8 Å². The first kappa shape index (κ1) is 68.7. The number of alkyl halides is 1. The number of nitrogens with two attached hydrogens (primary N) is 1. The second kappa shape index (κ2) is 33.5. The van der Waals surface area contributed by atoms with E-state index < -0.39 is 97.5 Å². The van der Waals surface area contributed by atoms with Crippen LogP contribution in [0.15, 0.2) is 97.3 Å². The summed E-state index contributed by atoms with van der Waals surface area (Å²) in [7, 11) is -0.740. The van der Waals surface area contributed by atoms with Crippen LogP contribution in [-0.2, 0) is 41.5 Å². The van der Waals surface area contributed by atoms with Crippen LogP contribution in [-0.4, -0.2) is 153 Å². The van der Waals surface area contributed by atoms with Gasteiger partial charge in [0.05, 0.1) is 6.20 Å². The molecule has 6 rings (SSSR count). The molecule has 2 heterocycles. The van der Waals surface area contributed by atoms with Crippen molar-refractivity contribution >= 4 is 77.5 Å². The van der Waals surface area contributed by atoms with Gasteiger partial charge in [0.1, 0.15) is 29.9 Å². The molecule has 0 spiro atoms. The van der Waals surface area contributed by atoms with Crippen molar-refractivity contribution < 1.29 is 82.5 Å². The quantitative estimate of drug-likeness (QED) is 0.0118. The number of amides is 2. The average molecular weight is 1230 g/mol. The van der Waals surface area contributed by atoms with E-state index in [4.69, 9.17) is 70.6 Å². The highest BCUT2D eigenvalue weighted by molar-refractivity contribution is 6.46. The van der Waals surface area contributed by atoms with Crippen LogP contribution in [0.3, 0.4) is 0 Å². The number of aliphatic hydroxyl groups excluding tert-OH is 2. The van der Waals surface area contributed by atoms with Crippen molar-refractivity contribution in [3.63, 3.8) is 0 Å². The van der Waals surface area contributed by atoms with Crippen molar-refractivity contribution in [1.29, 1.82) is 0 Å². The fraction of sp³-hybridized carbons (Fsp3) is 0.358. The highest BCUT2D eigenvalue weighted by atomic mass is 35.5. The largest absolute Gasteiger partial charge is 0.479 e. The maximum atomic E-state index is 14.2. The Morgan fingerprint density at radius 3 is 1.52 bits per heavy atom. The molecule has 0 radical (unpaired) electrons. The van der Waals surface area contributed by atoms with Gasteiger partial charge >= 0.3 is 30.9 Å². The summed E-state index contributed by atoms with van der Waals surface area (Å²) >= 11 is 17.2. The monoisotopic (exact) mass is 1230 g/mol. The van der Waals surface area contributed by atoms with E-state index in [1.165, 1.54) is 36.4 Å². The van der Waals surface area contributed by atoms with Crippen LogP contribution in [0.2, 0.25) is 16.9 Å². The van der Waals surface area contributed by atoms with E-state index in [0.717, 1.165) is 17.2 Å². The van der Waals surface area contributed by atoms with Gasteiger partial charge in [-0.15, -0.1) is 10.2 Å². The predicted molar refractivity (Wildman–Crippen MR) is 300 cm³/mol. The van der Waals surface area contributed by atoms with Gasteiger partial charge in [0.2, 0.25) is 0 Å². The number of hydrogen-bond donors (Lipinski definition) is 10. The SMILES string of the molecule is CB(O)N[C@H](C(=O)OCCl)C(C)C.CC(C)[C@H](N)C(=O)OCOn1cc(C(=O)N[C@H](Cc2ccc(-c3cc(Cl)ccc3F)cc2)C[C@@H](O)C(=O)O)nn1.O=C(N[C@H](Cc1ccc(-c2cc(Cl)ccc2F)cc1)C[C@@H](O)C(=O)O)c1cn(O)nn1. The first-order chi connectivity index (χ1) is 39.6. The highest BCUT2D eigenvalue weighted by Gasteiger charge is 2.28. The Hall–Kier alpha value is -7.83. The van der Waals surface area contributed by atoms with Crippen LogP contribution in [0.1, 0.15) is 72.6 Å². The summed E-state index contributed by atoms with van der Waals surface area (Å²) in [5.41, 5.74) is 8.54. The third-order valence-corrected chi connectivity index (χ3v) is 12.5. The summed E-state index contributed by atoms with van der Waals surface area (Å²) in [6.45, 7) is 8.25. The van der Waals surface area contributed by atoms with Gasteiger partial charge in [-0.2, -0.15) is 0 Å². The lowest BCUT2D eigenvalue weighted by Gasteiger charge is -2.20. The molecule has 4 aromatic carbocycles. The van der Waals surface area contributed by atoms with E-state index in [2.05, 4.69) is 41.2 Å². The normalized spacial score (nSPS) is 13.1. The van der Waals surface area contributed by atoms with Crippen molar-refractivity contribution in [2.24, 2.45) is 17.6 Å². The van der Waals surface area contributed by atoms with Gasteiger partial charge in [-0.05, 0) is 101 Å². The van der Waals surface area contributed by atoms with Gasteiger partial charge in [-0.25, -0.2) is 18.4 Å². The maximum Gasteiger partial charge on any atom is 0.374 e. The second-order valence-corrected chi connectivity index (χ2v) is 20.3. The summed E-state index contributed by atoms with van der Waals surface area (Å²) < 4.78 is 37.8. The van der Waals surface area contributed by atoms with E-state index in [9.17, 15) is 47.8 Å². The molecule has 2 aromatic heterocycles. The number of carboxylic acids is 2. The van der Waals surface area contributed by atoms with E-state index in [1.54, 1.807) is 69.2 Å². The average Bonchev–Trinajstić information content (AvgIpc) is 4.09. The van der Waals surface area contributed by atoms with Gasteiger partial charge in [0, 0.05) is 46.1 Å². The molecule has 6 aromatic rings. The van der Waals surface area contributed by atoms with Crippen molar-refractivity contribution in [1.82, 2.24) is 46.2 Å². The van der Waals surface area contributed by atoms with Gasteiger partial charge < -0.3 is 66.6 Å². The molecule has 0 aliphatic heterocycles. The molecule has 2 amide bonds. The molecule has 84 heavy (non-hydrogen) atoms. The molecule has 452 valence electrons. The standard InChI is InChI=1S/C26H29ClFN5O7.C20H18ClFN4O5.C7H15BClNO3/c1-14(2)23(29)26(38)39-13-40-33-12-21(31-32-33)24(35)30-18(11-22(34)25(36)37)9-15-3-5-16(6-4-15)19-10-17(27)7-8-20(19)28;21-13-5-6-16(22)15(8-13)12-3-1-11(2-4-12)7-14(9-18(27)20(29)30)23-19(28)17-10-26(31)25-24-17;1-5(2)6(10-8(3)12)7(11)13-4-9/h3-8,10,12,14,18,22-23,34H,9,11,13,29H2,1-2H3,(H,30,35)(H,36,37);1-6,8,10,14,18,27,31H,7,9H2,(H,23,28)(H,29,30);5-6,10,12H,4H2,1-3H3/t18-,22-,23+;14-,18-;6-/m110/s1. The van der Waals surface area contributed by atoms with Crippen molar-refractivity contribution in [3.05, 3.63) is 142 Å². The van der Waals surface area contributed by atoms with Crippen LogP contribution in [0.5, 0.6) is 0 Å². The van der Waals surface area contributed by atoms with Crippen molar-refractivity contribution in [3.8, 4) is 22.3 Å². The number of halogens is 5. The Kier molecular flexibility index (Phi) is 27.4. The number of aliphatic carboxylic acids is 2. The molecule has 31 heteroatoms. The molecule has 0 aliphatic rings. The molecule has 0 saturated carbocycles. The minimum Gasteiger partial charge on any atom is -0.479 e. The van der Waals surface area contributed by atoms with E-state index in [0.29, 0.717) is 48.3 Å². The number of aliphatic hydroxyl groups is 2. The molecule has 25 nitrogen and oxygen atoms in total. The summed E-state index contributed by atoms with van der Waals surface area (Å²) in [5.74, 6) is -6.34. The molecule has 0 fully saturated rings. The van der Waals surface area contributed by atoms with Crippen LogP contribution in [0.25, 0.3) is 22.3 Å². The number of carbonyl (C=O) groups excluding carboxylic acids is 4. The number of nitrogens with one attached hydrogen (secondary N) is 3. The van der Waals surface area contributed by atoms with Crippen LogP contribution < -0.4 is 26.4 Å². The second-order valence-electron chi connectivity index (χ2n) is 19.2. The van der Waals surface area contributed by atoms with Gasteiger partial charge in [-0.3, -0.25) is 19.2 Å². The number of nitrogens with zero attached hydrogens (tertiary/aromatic N) is 6. The molecule has 0 aliphatic carbocycles. The minimum atomic E-state index is -1.74. The summed E-state index contributed by atoms with van der Waals surface area (Å²) in [5, 5.41) is 78.7. The Balaban J connectivity index is 0.000000304. The lowest BCUT2D eigenvalue weighted by molar-refractivity contribution is -0.160. The number of aromatic nitrogens is 6. The molecule has 0 unspecified atom stereocenters. The molecular weight excluding hydrogens is 1170 g/mol. The zero-order valence-electron chi connectivity index (χ0n) is 45.7.